The molecule has 1 aliphatic carbocycles. The van der Waals surface area contributed by atoms with Gasteiger partial charge in [-0.2, -0.15) is 0 Å². The van der Waals surface area contributed by atoms with Crippen LogP contribution in [0.15, 0.2) is 0 Å². The number of hydrogen-bond acceptors (Lipinski definition) is 9. The molecule has 5 N–H and O–H groups in total. The van der Waals surface area contributed by atoms with Crippen molar-refractivity contribution in [3.8, 4) is 0 Å². The maximum Gasteiger partial charge on any atom is 0.317 e. The Balaban J connectivity index is 1.97. The van der Waals surface area contributed by atoms with Gasteiger partial charge in [0.15, 0.2) is 0 Å². The van der Waals surface area contributed by atoms with Crippen LogP contribution in [0.2, 0.25) is 0 Å². The lowest BCUT2D eigenvalue weighted by atomic mass is 9.89. The third-order valence-electron chi connectivity index (χ3n) is 7.01. The van der Waals surface area contributed by atoms with E-state index in [1.807, 2.05) is 0 Å². The second-order valence-electron chi connectivity index (χ2n) is 10.1. The van der Waals surface area contributed by atoms with E-state index in [1.165, 1.54) is 32.1 Å². The minimum Gasteiger partial charge on any atom is -0.480 e. The topological polar surface area (TPSA) is 157 Å². The average Bonchev–Trinajstić information content (AvgIpc) is 2.80. The van der Waals surface area contributed by atoms with Gasteiger partial charge in [-0.3, -0.25) is 34.0 Å². The van der Waals surface area contributed by atoms with Crippen LogP contribution in [0.3, 0.4) is 0 Å². The molecule has 0 radical (unpaired) electrons. The van der Waals surface area contributed by atoms with Crippen LogP contribution in [0.1, 0.15) is 32.1 Å². The summed E-state index contributed by atoms with van der Waals surface area (Å²) in [5, 5.41) is 42.0. The van der Waals surface area contributed by atoms with Crippen LogP contribution >= 0.6 is 0 Å². The van der Waals surface area contributed by atoms with Crippen LogP contribution in [0, 0.1) is 5.92 Å². The number of aliphatic hydroxyl groups excluding tert-OH is 1. The van der Waals surface area contributed by atoms with E-state index in [0.717, 1.165) is 6.54 Å². The van der Waals surface area contributed by atoms with E-state index in [9.17, 15) is 34.8 Å². The highest BCUT2D eigenvalue weighted by Gasteiger charge is 2.21. The molecular weight excluding hydrogens is 470 g/mol. The van der Waals surface area contributed by atoms with E-state index in [1.54, 1.807) is 14.7 Å². The quantitative estimate of drug-likeness (QED) is 0.216. The van der Waals surface area contributed by atoms with Gasteiger partial charge in [0.2, 0.25) is 0 Å². The fourth-order valence-corrected chi connectivity index (χ4v) is 5.02. The fraction of sp³-hybridized carbons (Fsp3) is 0.875. The number of nitrogens with one attached hydrogen (secondary N) is 1. The lowest BCUT2D eigenvalue weighted by molar-refractivity contribution is -0.140. The Morgan fingerprint density at radius 3 is 1.44 bits per heavy atom. The minimum absolute atomic E-state index is 0.147. The van der Waals surface area contributed by atoms with Crippen molar-refractivity contribution < 1.29 is 34.8 Å². The first-order valence-electron chi connectivity index (χ1n) is 13.1. The Morgan fingerprint density at radius 2 is 1.06 bits per heavy atom. The van der Waals surface area contributed by atoms with Crippen LogP contribution in [0.25, 0.3) is 0 Å². The molecule has 2 fully saturated rings. The second-order valence-corrected chi connectivity index (χ2v) is 10.1. The summed E-state index contributed by atoms with van der Waals surface area (Å²) >= 11 is 0. The third-order valence-corrected chi connectivity index (χ3v) is 7.01. The van der Waals surface area contributed by atoms with Crippen molar-refractivity contribution in [3.05, 3.63) is 0 Å². The summed E-state index contributed by atoms with van der Waals surface area (Å²) in [5.41, 5.74) is 0. The maximum absolute atomic E-state index is 11.4. The molecule has 208 valence electrons. The van der Waals surface area contributed by atoms with Crippen molar-refractivity contribution in [2.75, 3.05) is 91.6 Å². The molecule has 12 nitrogen and oxygen atoms in total. The lowest BCUT2D eigenvalue weighted by Crippen LogP contribution is -2.50. The van der Waals surface area contributed by atoms with Crippen LogP contribution in [-0.4, -0.2) is 156 Å². The highest BCUT2D eigenvalue weighted by molar-refractivity contribution is 5.69. The standard InChI is InChI=1S/C24H45N5O7/c30-21(15-25-14-20-4-2-1-3-5-20)16-26-6-8-27(17-22(31)32)10-12-29(19-24(35)36)13-11-28(9-7-26)18-23(33)34/h20-21,25,30H,1-19H2,(H,31,32)(H,33,34)(H,35,36). The normalized spacial score (nSPS) is 21.9. The van der Waals surface area contributed by atoms with Gasteiger partial charge in [-0.15, -0.1) is 0 Å². The van der Waals surface area contributed by atoms with Crippen molar-refractivity contribution in [3.63, 3.8) is 0 Å². The van der Waals surface area contributed by atoms with E-state index >= 15 is 0 Å². The molecule has 0 aromatic rings. The molecule has 1 aliphatic heterocycles. The van der Waals surface area contributed by atoms with E-state index in [0.29, 0.717) is 71.4 Å². The molecular formula is C24H45N5O7. The van der Waals surface area contributed by atoms with Gasteiger partial charge in [0.05, 0.1) is 25.7 Å². The Bertz CT molecular complexity index is 645. The lowest BCUT2D eigenvalue weighted by Gasteiger charge is -2.33. The molecule has 36 heavy (non-hydrogen) atoms. The van der Waals surface area contributed by atoms with Gasteiger partial charge in [0.25, 0.3) is 0 Å². The first kappa shape index (κ1) is 30.4. The van der Waals surface area contributed by atoms with E-state index in [4.69, 9.17) is 0 Å². The van der Waals surface area contributed by atoms with Gasteiger partial charge < -0.3 is 25.7 Å². The number of carboxylic acid groups (broad SMARTS) is 3. The molecule has 1 atom stereocenters. The van der Waals surface area contributed by atoms with Crippen LogP contribution in [0.5, 0.6) is 0 Å². The maximum atomic E-state index is 11.4. The number of carbonyl (C=O) groups is 3. The zero-order chi connectivity index (χ0) is 26.3. The number of aliphatic hydroxyl groups is 1. The predicted octanol–water partition coefficient (Wildman–Crippen LogP) is -1.01. The zero-order valence-electron chi connectivity index (χ0n) is 21.4. The number of rotatable bonds is 12. The molecule has 1 saturated heterocycles. The Labute approximate surface area is 213 Å². The molecule has 12 heteroatoms. The summed E-state index contributed by atoms with van der Waals surface area (Å²) in [4.78, 5) is 41.4. The molecule has 0 aromatic heterocycles. The third kappa shape index (κ3) is 13.5. The van der Waals surface area contributed by atoms with E-state index in [2.05, 4.69) is 10.2 Å². The summed E-state index contributed by atoms with van der Waals surface area (Å²) in [6, 6.07) is 0. The molecule has 0 spiro atoms. The number of carboxylic acids is 3. The van der Waals surface area contributed by atoms with E-state index in [-0.39, 0.29) is 19.6 Å². The molecule has 0 bridgehead atoms. The number of aliphatic carboxylic acids is 3. The molecule has 1 unspecified atom stereocenters. The zero-order valence-corrected chi connectivity index (χ0v) is 21.4. The average molecular weight is 516 g/mol. The van der Waals surface area contributed by atoms with Gasteiger partial charge in [-0.05, 0) is 25.3 Å². The first-order chi connectivity index (χ1) is 17.2. The Morgan fingerprint density at radius 1 is 0.667 bits per heavy atom. The summed E-state index contributed by atoms with van der Waals surface area (Å²) in [7, 11) is 0. The molecule has 0 amide bonds. The molecule has 1 heterocycles. The second kappa shape index (κ2) is 16.8. The SMILES string of the molecule is O=C(O)CN1CCN(CC(=O)O)CCN(CC(O)CNCC2CCCCC2)CCN(CC(=O)O)CC1. The summed E-state index contributed by atoms with van der Waals surface area (Å²) in [6.45, 7) is 4.77. The largest absolute Gasteiger partial charge is 0.480 e. The molecule has 2 aliphatic rings. The monoisotopic (exact) mass is 515 g/mol. The smallest absolute Gasteiger partial charge is 0.317 e. The number of β-amino-alcohol motifs (C(OH)–C–C–N with tert-alkyl or cyclic N) is 1. The first-order valence-corrected chi connectivity index (χ1v) is 13.1. The van der Waals surface area contributed by atoms with Gasteiger partial charge in [0.1, 0.15) is 0 Å². The van der Waals surface area contributed by atoms with Crippen LogP contribution < -0.4 is 5.32 Å². The summed E-state index contributed by atoms with van der Waals surface area (Å²) in [5.74, 6) is -2.20. The highest BCUT2D eigenvalue weighted by Crippen LogP contribution is 2.22. The van der Waals surface area contributed by atoms with Crippen molar-refractivity contribution in [2.24, 2.45) is 5.92 Å². The van der Waals surface area contributed by atoms with Gasteiger partial charge in [-0.25, -0.2) is 0 Å². The molecule has 2 rings (SSSR count). The summed E-state index contributed by atoms with van der Waals surface area (Å²) in [6.07, 6.45) is 5.74. The summed E-state index contributed by atoms with van der Waals surface area (Å²) < 4.78 is 0. The van der Waals surface area contributed by atoms with Gasteiger partial charge in [0, 0.05) is 65.4 Å². The number of hydrogen-bond donors (Lipinski definition) is 5. The highest BCUT2D eigenvalue weighted by atomic mass is 16.4. The van der Waals surface area contributed by atoms with Crippen molar-refractivity contribution in [1.82, 2.24) is 24.9 Å². The Kier molecular flexibility index (Phi) is 14.2. The predicted molar refractivity (Wildman–Crippen MR) is 134 cm³/mol. The minimum atomic E-state index is -0.978. The van der Waals surface area contributed by atoms with Crippen LogP contribution in [0.4, 0.5) is 0 Å². The van der Waals surface area contributed by atoms with Crippen molar-refractivity contribution >= 4 is 17.9 Å². The number of nitrogens with zero attached hydrogens (tertiary/aromatic N) is 4. The van der Waals surface area contributed by atoms with Crippen molar-refractivity contribution in [1.29, 1.82) is 0 Å². The van der Waals surface area contributed by atoms with Gasteiger partial charge >= 0.3 is 17.9 Å². The molecule has 0 aromatic carbocycles. The van der Waals surface area contributed by atoms with Crippen LogP contribution in [-0.2, 0) is 14.4 Å². The van der Waals surface area contributed by atoms with E-state index < -0.39 is 24.0 Å². The van der Waals surface area contributed by atoms with Crippen molar-refractivity contribution in [2.45, 2.75) is 38.2 Å². The Hall–Kier alpha value is -1.83. The molecule has 1 saturated carbocycles. The van der Waals surface area contributed by atoms with Gasteiger partial charge in [-0.1, -0.05) is 19.3 Å². The fourth-order valence-electron chi connectivity index (χ4n) is 5.02.